The molecule has 3 amide bonds. The number of thioether (sulfide) groups is 1. The molecule has 11 heteroatoms. The van der Waals surface area contributed by atoms with E-state index in [0.717, 1.165) is 77.5 Å². The molecule has 0 bridgehead atoms. The lowest BCUT2D eigenvalue weighted by Gasteiger charge is -2.32. The molecule has 5 aromatic rings. The van der Waals surface area contributed by atoms with Crippen molar-refractivity contribution in [3.05, 3.63) is 124 Å². The van der Waals surface area contributed by atoms with Crippen molar-refractivity contribution in [2.24, 2.45) is 5.92 Å². The van der Waals surface area contributed by atoms with Gasteiger partial charge in [0, 0.05) is 48.9 Å². The third-order valence-corrected chi connectivity index (χ3v) is 9.54. The molecule has 2 aliphatic heterocycles. The molecule has 10 nitrogen and oxygen atoms in total. The molecule has 0 spiro atoms. The first-order valence-electron chi connectivity index (χ1n) is 16.3. The van der Waals surface area contributed by atoms with E-state index in [4.69, 9.17) is 4.98 Å². The predicted molar refractivity (Wildman–Crippen MR) is 193 cm³/mol. The van der Waals surface area contributed by atoms with Gasteiger partial charge in [-0.1, -0.05) is 60.7 Å². The molecule has 3 N–H and O–H groups in total. The number of anilines is 1. The number of pyridine rings is 1. The summed E-state index contributed by atoms with van der Waals surface area (Å²) < 4.78 is 0. The Labute approximate surface area is 288 Å². The van der Waals surface area contributed by atoms with Crippen LogP contribution in [0, 0.1) is 5.92 Å². The van der Waals surface area contributed by atoms with Gasteiger partial charge in [-0.25, -0.2) is 15.0 Å². The molecule has 0 aliphatic carbocycles. The number of piperidine rings is 1. The second-order valence-corrected chi connectivity index (χ2v) is 13.1. The summed E-state index contributed by atoms with van der Waals surface area (Å²) in [5, 5.41) is 9.69. The van der Waals surface area contributed by atoms with Crippen molar-refractivity contribution >= 4 is 51.7 Å². The molecule has 246 valence electrons. The molecule has 2 saturated heterocycles. The number of amides is 3. The standard InChI is InChI=1S/C38H35N7O3S/c46-35(41-23-25-7-2-1-3-8-25)29-11-6-10-28(20-29)34-30(19-27-9-4-5-12-32(27)43-34)24-39-22-26-14-17-45(18-15-26)37-40-16-13-31(42-37)21-33-36(47)44-38(48)49-33/h1-13,16,19-21,26,39H,14-15,17-18,22-24H2,(H,41,46)(H,44,47,48)/b33-21-. The summed E-state index contributed by atoms with van der Waals surface area (Å²) in [4.78, 5) is 53.2. The third-order valence-electron chi connectivity index (χ3n) is 8.73. The van der Waals surface area contributed by atoms with Crippen molar-refractivity contribution in [2.75, 3.05) is 24.5 Å². The lowest BCUT2D eigenvalue weighted by atomic mass is 9.96. The number of fused-ring (bicyclic) bond motifs is 1. The first kappa shape index (κ1) is 32.2. The van der Waals surface area contributed by atoms with Crippen LogP contribution in [-0.4, -0.2) is 51.6 Å². The van der Waals surface area contributed by atoms with Crippen LogP contribution in [0.15, 0.2) is 102 Å². The van der Waals surface area contributed by atoms with Crippen molar-refractivity contribution in [1.82, 2.24) is 30.9 Å². The molecule has 7 rings (SSSR count). The van der Waals surface area contributed by atoms with Crippen LogP contribution in [0.5, 0.6) is 0 Å². The predicted octanol–water partition coefficient (Wildman–Crippen LogP) is 5.95. The molecular formula is C38H35N7O3S. The molecule has 2 aliphatic rings. The van der Waals surface area contributed by atoms with Crippen LogP contribution in [0.4, 0.5) is 10.7 Å². The summed E-state index contributed by atoms with van der Waals surface area (Å²) in [5.74, 6) is 0.590. The normalized spacial score (nSPS) is 15.9. The maximum Gasteiger partial charge on any atom is 0.290 e. The highest BCUT2D eigenvalue weighted by atomic mass is 32.2. The van der Waals surface area contributed by atoms with E-state index in [9.17, 15) is 14.4 Å². The zero-order chi connectivity index (χ0) is 33.6. The SMILES string of the molecule is O=C1NC(=O)/C(=C/c2ccnc(N3CCC(CNCc4cc5ccccc5nc4-c4cccc(C(=O)NCc5ccccc5)c4)CC3)n2)S1. The topological polar surface area (TPSA) is 129 Å². The highest BCUT2D eigenvalue weighted by Crippen LogP contribution is 2.28. The second kappa shape index (κ2) is 14.8. The number of carbonyl (C=O) groups excluding carboxylic acids is 3. The van der Waals surface area contributed by atoms with E-state index in [1.54, 1.807) is 18.3 Å². The Morgan fingerprint density at radius 1 is 0.918 bits per heavy atom. The van der Waals surface area contributed by atoms with E-state index in [1.807, 2.05) is 72.8 Å². The molecule has 2 aromatic heterocycles. The zero-order valence-corrected chi connectivity index (χ0v) is 27.6. The smallest absolute Gasteiger partial charge is 0.290 e. The summed E-state index contributed by atoms with van der Waals surface area (Å²) in [6.07, 6.45) is 5.28. The molecule has 4 heterocycles. The van der Waals surface area contributed by atoms with E-state index < -0.39 is 5.91 Å². The third kappa shape index (κ3) is 7.85. The Balaban J connectivity index is 0.992. The average molecular weight is 670 g/mol. The number of para-hydroxylation sites is 1. The van der Waals surface area contributed by atoms with Gasteiger partial charge in [0.2, 0.25) is 5.95 Å². The average Bonchev–Trinajstić information content (AvgIpc) is 3.46. The largest absolute Gasteiger partial charge is 0.348 e. The minimum absolute atomic E-state index is 0.122. The summed E-state index contributed by atoms with van der Waals surface area (Å²) >= 11 is 0.879. The van der Waals surface area contributed by atoms with Crippen molar-refractivity contribution in [3.8, 4) is 11.3 Å². The quantitative estimate of drug-likeness (QED) is 0.155. The van der Waals surface area contributed by atoms with E-state index >= 15 is 0 Å². The van der Waals surface area contributed by atoms with Gasteiger partial charge in [-0.2, -0.15) is 0 Å². The van der Waals surface area contributed by atoms with E-state index in [1.165, 1.54) is 0 Å². The van der Waals surface area contributed by atoms with Crippen LogP contribution in [0.25, 0.3) is 28.2 Å². The van der Waals surface area contributed by atoms with Crippen molar-refractivity contribution in [2.45, 2.75) is 25.9 Å². The highest BCUT2D eigenvalue weighted by molar-refractivity contribution is 8.18. The van der Waals surface area contributed by atoms with Crippen LogP contribution in [0.3, 0.4) is 0 Å². The van der Waals surface area contributed by atoms with Crippen LogP contribution in [0.1, 0.15) is 40.0 Å². The lowest BCUT2D eigenvalue weighted by molar-refractivity contribution is -0.115. The molecule has 0 atom stereocenters. The first-order valence-corrected chi connectivity index (χ1v) is 17.1. The van der Waals surface area contributed by atoms with Crippen molar-refractivity contribution < 1.29 is 14.4 Å². The highest BCUT2D eigenvalue weighted by Gasteiger charge is 2.26. The number of rotatable bonds is 10. The lowest BCUT2D eigenvalue weighted by Crippen LogP contribution is -2.38. The van der Waals surface area contributed by atoms with Crippen LogP contribution in [-0.2, 0) is 17.9 Å². The summed E-state index contributed by atoms with van der Waals surface area (Å²) in [6, 6.07) is 29.6. The second-order valence-electron chi connectivity index (χ2n) is 12.1. The minimum atomic E-state index is -0.398. The molecular weight excluding hydrogens is 635 g/mol. The summed E-state index contributed by atoms with van der Waals surface area (Å²) in [6.45, 7) is 3.61. The summed E-state index contributed by atoms with van der Waals surface area (Å²) in [7, 11) is 0. The maximum atomic E-state index is 13.1. The first-order chi connectivity index (χ1) is 24.0. The van der Waals surface area contributed by atoms with Gasteiger partial charge in [-0.15, -0.1) is 0 Å². The molecule has 2 fully saturated rings. The fourth-order valence-corrected chi connectivity index (χ4v) is 6.80. The zero-order valence-electron chi connectivity index (χ0n) is 26.8. The van der Waals surface area contributed by atoms with E-state index in [0.29, 0.717) is 41.1 Å². The van der Waals surface area contributed by atoms with Gasteiger partial charge in [-0.05, 0) is 84.6 Å². The summed E-state index contributed by atoms with van der Waals surface area (Å²) in [5.41, 5.74) is 6.00. The number of benzene rings is 3. The van der Waals surface area contributed by atoms with Gasteiger partial charge >= 0.3 is 0 Å². The Hall–Kier alpha value is -5.39. The van der Waals surface area contributed by atoms with Gasteiger partial charge in [0.05, 0.1) is 21.8 Å². The molecule has 0 radical (unpaired) electrons. The number of carbonyl (C=O) groups is 3. The molecule has 0 unspecified atom stereocenters. The maximum absolute atomic E-state index is 13.1. The monoisotopic (exact) mass is 669 g/mol. The van der Waals surface area contributed by atoms with Crippen LogP contribution in [0.2, 0.25) is 0 Å². The van der Waals surface area contributed by atoms with Gasteiger partial charge in [0.15, 0.2) is 0 Å². The number of aromatic nitrogens is 3. The van der Waals surface area contributed by atoms with Gasteiger partial charge in [0.25, 0.3) is 17.1 Å². The Bertz CT molecular complexity index is 2040. The number of hydrogen-bond acceptors (Lipinski definition) is 9. The van der Waals surface area contributed by atoms with Gasteiger partial charge in [-0.3, -0.25) is 19.7 Å². The van der Waals surface area contributed by atoms with Gasteiger partial charge < -0.3 is 15.5 Å². The van der Waals surface area contributed by atoms with Crippen molar-refractivity contribution in [1.29, 1.82) is 0 Å². The number of nitrogens with one attached hydrogen (secondary N) is 3. The Kier molecular flexibility index (Phi) is 9.72. The fraction of sp³-hybridized carbons (Fsp3) is 0.211. The van der Waals surface area contributed by atoms with Crippen LogP contribution < -0.4 is 20.9 Å². The number of nitrogens with zero attached hydrogens (tertiary/aromatic N) is 4. The molecule has 3 aromatic carbocycles. The molecule has 0 saturated carbocycles. The molecule has 49 heavy (non-hydrogen) atoms. The van der Waals surface area contributed by atoms with E-state index in [2.05, 4.69) is 43.0 Å². The Morgan fingerprint density at radius 3 is 2.55 bits per heavy atom. The number of imide groups is 1. The van der Waals surface area contributed by atoms with Crippen LogP contribution >= 0.6 is 11.8 Å². The number of hydrogen-bond donors (Lipinski definition) is 3. The Morgan fingerprint density at radius 2 is 1.73 bits per heavy atom. The van der Waals surface area contributed by atoms with Crippen molar-refractivity contribution in [3.63, 3.8) is 0 Å². The van der Waals surface area contributed by atoms with E-state index in [-0.39, 0.29) is 11.1 Å². The fourth-order valence-electron chi connectivity index (χ4n) is 6.13. The minimum Gasteiger partial charge on any atom is -0.348 e. The van der Waals surface area contributed by atoms with Gasteiger partial charge in [0.1, 0.15) is 0 Å².